The van der Waals surface area contributed by atoms with Crippen LogP contribution in [-0.2, 0) is 0 Å². The summed E-state index contributed by atoms with van der Waals surface area (Å²) >= 11 is 5.97. The summed E-state index contributed by atoms with van der Waals surface area (Å²) in [5.74, 6) is 6.59. The van der Waals surface area contributed by atoms with Gasteiger partial charge in [-0.1, -0.05) is 71.5 Å². The maximum absolute atomic E-state index is 5.97. The van der Waals surface area contributed by atoms with E-state index in [0.717, 1.165) is 21.8 Å². The van der Waals surface area contributed by atoms with Gasteiger partial charge >= 0.3 is 0 Å². The Morgan fingerprint density at radius 2 is 1.50 bits per heavy atom. The van der Waals surface area contributed by atoms with E-state index in [-0.39, 0.29) is 6.04 Å². The Morgan fingerprint density at radius 3 is 2.17 bits per heavy atom. The number of hydrogen-bond acceptors (Lipinski definition) is 1. The third kappa shape index (κ3) is 4.41. The van der Waals surface area contributed by atoms with Crippen LogP contribution in [0, 0.1) is 18.8 Å². The van der Waals surface area contributed by atoms with Crippen molar-refractivity contribution in [1.82, 2.24) is 0 Å². The number of benzene rings is 3. The highest BCUT2D eigenvalue weighted by Crippen LogP contribution is 2.21. The molecule has 0 aromatic heterocycles. The zero-order valence-corrected chi connectivity index (χ0v) is 14.2. The lowest BCUT2D eigenvalue weighted by Crippen LogP contribution is -2.08. The summed E-state index contributed by atoms with van der Waals surface area (Å²) in [5.41, 5.74) is 4.37. The third-order valence-electron chi connectivity index (χ3n) is 3.70. The van der Waals surface area contributed by atoms with Crippen molar-refractivity contribution in [1.29, 1.82) is 0 Å². The fraction of sp³-hybridized carbons (Fsp3) is 0.0909. The van der Waals surface area contributed by atoms with Crippen LogP contribution < -0.4 is 5.32 Å². The Labute approximate surface area is 148 Å². The molecule has 0 aliphatic heterocycles. The average Bonchev–Trinajstić information content (AvgIpc) is 2.62. The molecule has 3 rings (SSSR count). The van der Waals surface area contributed by atoms with Gasteiger partial charge < -0.3 is 5.32 Å². The van der Waals surface area contributed by atoms with E-state index in [0.29, 0.717) is 0 Å². The molecule has 118 valence electrons. The van der Waals surface area contributed by atoms with Gasteiger partial charge in [0.05, 0.1) is 0 Å². The standard InChI is InChI=1S/C22H18ClN/c1-17-7-10-19(11-8-17)22(16-9-18-5-3-2-4-6-18)24-21-14-12-20(23)13-15-21/h2-8,10-15,22,24H,1H3/t22-/m0/s1. The lowest BCUT2D eigenvalue weighted by atomic mass is 10.0. The van der Waals surface area contributed by atoms with Crippen molar-refractivity contribution >= 4 is 17.3 Å². The van der Waals surface area contributed by atoms with Gasteiger partial charge in [0.2, 0.25) is 0 Å². The Hall–Kier alpha value is -2.69. The molecule has 2 heteroatoms. The van der Waals surface area contributed by atoms with E-state index < -0.39 is 0 Å². The third-order valence-corrected chi connectivity index (χ3v) is 3.95. The molecule has 0 unspecified atom stereocenters. The van der Waals surface area contributed by atoms with Gasteiger partial charge in [-0.3, -0.25) is 0 Å². The van der Waals surface area contributed by atoms with Crippen molar-refractivity contribution < 1.29 is 0 Å². The summed E-state index contributed by atoms with van der Waals surface area (Å²) in [6.45, 7) is 2.08. The SMILES string of the molecule is Cc1ccc([C@H](C#Cc2ccccc2)Nc2ccc(Cl)cc2)cc1. The smallest absolute Gasteiger partial charge is 0.114 e. The number of halogens is 1. The average molecular weight is 332 g/mol. The Balaban J connectivity index is 1.90. The fourth-order valence-corrected chi connectivity index (χ4v) is 2.48. The van der Waals surface area contributed by atoms with Gasteiger partial charge in [-0.2, -0.15) is 0 Å². The number of rotatable bonds is 3. The molecule has 3 aromatic rings. The topological polar surface area (TPSA) is 12.0 Å². The maximum Gasteiger partial charge on any atom is 0.114 e. The van der Waals surface area contributed by atoms with E-state index in [9.17, 15) is 0 Å². The van der Waals surface area contributed by atoms with E-state index in [1.54, 1.807) is 0 Å². The highest BCUT2D eigenvalue weighted by molar-refractivity contribution is 6.30. The molecule has 1 N–H and O–H groups in total. The van der Waals surface area contributed by atoms with E-state index in [4.69, 9.17) is 11.6 Å². The fourth-order valence-electron chi connectivity index (χ4n) is 2.35. The summed E-state index contributed by atoms with van der Waals surface area (Å²) in [4.78, 5) is 0. The highest BCUT2D eigenvalue weighted by atomic mass is 35.5. The molecular formula is C22H18ClN. The Bertz CT molecular complexity index is 840. The minimum absolute atomic E-state index is 0.0908. The van der Waals surface area contributed by atoms with Crippen LogP contribution in [0.2, 0.25) is 5.02 Å². The first-order valence-electron chi connectivity index (χ1n) is 7.86. The maximum atomic E-state index is 5.97. The number of nitrogens with one attached hydrogen (secondary N) is 1. The van der Waals surface area contributed by atoms with Gasteiger partial charge in [0.1, 0.15) is 6.04 Å². The van der Waals surface area contributed by atoms with Crippen LogP contribution in [-0.4, -0.2) is 0 Å². The van der Waals surface area contributed by atoms with Gasteiger partial charge in [-0.05, 0) is 48.9 Å². The minimum Gasteiger partial charge on any atom is -0.368 e. The van der Waals surface area contributed by atoms with Gasteiger partial charge in [0.15, 0.2) is 0 Å². The van der Waals surface area contributed by atoms with Crippen LogP contribution >= 0.6 is 11.6 Å². The van der Waals surface area contributed by atoms with Crippen LogP contribution in [0.25, 0.3) is 0 Å². The predicted molar refractivity (Wildman–Crippen MR) is 102 cm³/mol. The summed E-state index contributed by atoms with van der Waals surface area (Å²) < 4.78 is 0. The molecule has 3 aromatic carbocycles. The summed E-state index contributed by atoms with van der Waals surface area (Å²) in [6.07, 6.45) is 0. The lowest BCUT2D eigenvalue weighted by molar-refractivity contribution is 1.02. The van der Waals surface area contributed by atoms with Crippen molar-refractivity contribution in [2.24, 2.45) is 0 Å². The largest absolute Gasteiger partial charge is 0.368 e. The van der Waals surface area contributed by atoms with Gasteiger partial charge in [0.25, 0.3) is 0 Å². The summed E-state index contributed by atoms with van der Waals surface area (Å²) in [5, 5.41) is 4.20. The number of hydrogen-bond donors (Lipinski definition) is 1. The summed E-state index contributed by atoms with van der Waals surface area (Å²) in [6, 6.07) is 26.1. The van der Waals surface area contributed by atoms with Crippen LogP contribution in [0.1, 0.15) is 22.7 Å². The quantitative estimate of drug-likeness (QED) is 0.593. The van der Waals surface area contributed by atoms with Crippen molar-refractivity contribution in [3.8, 4) is 11.8 Å². The highest BCUT2D eigenvalue weighted by Gasteiger charge is 2.08. The van der Waals surface area contributed by atoms with Crippen LogP contribution in [0.15, 0.2) is 78.9 Å². The molecule has 0 heterocycles. The zero-order chi connectivity index (χ0) is 16.8. The van der Waals surface area contributed by atoms with Gasteiger partial charge in [0, 0.05) is 16.3 Å². The molecule has 0 radical (unpaired) electrons. The molecule has 24 heavy (non-hydrogen) atoms. The zero-order valence-electron chi connectivity index (χ0n) is 13.5. The first-order valence-corrected chi connectivity index (χ1v) is 8.24. The van der Waals surface area contributed by atoms with Crippen molar-refractivity contribution in [3.63, 3.8) is 0 Å². The minimum atomic E-state index is -0.0908. The van der Waals surface area contributed by atoms with Crippen LogP contribution in [0.4, 0.5) is 5.69 Å². The molecule has 1 nitrogen and oxygen atoms in total. The number of aryl methyl sites for hydroxylation is 1. The summed E-state index contributed by atoms with van der Waals surface area (Å²) in [7, 11) is 0. The van der Waals surface area contributed by atoms with Crippen LogP contribution in [0.3, 0.4) is 0 Å². The number of anilines is 1. The normalized spacial score (nSPS) is 11.2. The van der Waals surface area contributed by atoms with Gasteiger partial charge in [-0.25, -0.2) is 0 Å². The molecule has 0 saturated heterocycles. The van der Waals surface area contributed by atoms with E-state index in [2.05, 4.69) is 48.3 Å². The molecule has 0 spiro atoms. The second-order valence-electron chi connectivity index (χ2n) is 5.63. The first kappa shape index (κ1) is 16.2. The Morgan fingerprint density at radius 1 is 0.833 bits per heavy atom. The second-order valence-corrected chi connectivity index (χ2v) is 6.07. The second kappa shape index (κ2) is 7.73. The Kier molecular flexibility index (Phi) is 5.21. The molecule has 0 aliphatic rings. The first-order chi connectivity index (χ1) is 11.7. The van der Waals surface area contributed by atoms with Crippen LogP contribution in [0.5, 0.6) is 0 Å². The van der Waals surface area contributed by atoms with E-state index >= 15 is 0 Å². The molecule has 0 bridgehead atoms. The van der Waals surface area contributed by atoms with E-state index in [1.165, 1.54) is 5.56 Å². The molecule has 0 saturated carbocycles. The molecule has 0 amide bonds. The molecular weight excluding hydrogens is 314 g/mol. The van der Waals surface area contributed by atoms with Crippen molar-refractivity contribution in [2.45, 2.75) is 13.0 Å². The van der Waals surface area contributed by atoms with Crippen molar-refractivity contribution in [2.75, 3.05) is 5.32 Å². The predicted octanol–water partition coefficient (Wildman–Crippen LogP) is 5.85. The molecule has 1 atom stereocenters. The molecule has 0 fully saturated rings. The van der Waals surface area contributed by atoms with E-state index in [1.807, 2.05) is 54.6 Å². The van der Waals surface area contributed by atoms with Crippen molar-refractivity contribution in [3.05, 3.63) is 101 Å². The lowest BCUT2D eigenvalue weighted by Gasteiger charge is -2.15. The molecule has 0 aliphatic carbocycles. The van der Waals surface area contributed by atoms with Gasteiger partial charge in [-0.15, -0.1) is 0 Å². The monoisotopic (exact) mass is 331 g/mol.